The summed E-state index contributed by atoms with van der Waals surface area (Å²) in [5.41, 5.74) is 1.81. The zero-order valence-corrected chi connectivity index (χ0v) is 14.9. The Balaban J connectivity index is 2.11. The number of amides is 2. The smallest absolute Gasteiger partial charge is 0.329 e. The Labute approximate surface area is 151 Å². The highest BCUT2D eigenvalue weighted by molar-refractivity contribution is 5.88. The minimum absolute atomic E-state index is 0.253. The predicted octanol–water partition coefficient (Wildman–Crippen LogP) is 1.45. The Bertz CT molecular complexity index is 812. The topological polar surface area (TPSA) is 100 Å². The van der Waals surface area contributed by atoms with E-state index in [0.29, 0.717) is 0 Å². The van der Waals surface area contributed by atoms with Crippen molar-refractivity contribution in [3.8, 4) is 0 Å². The number of hydrogen-bond donors (Lipinski definition) is 3. The number of esters is 1. The number of H-pyrrole nitrogens is 1. The number of aromatic amines is 1. The normalized spacial score (nSPS) is 12.8. The van der Waals surface area contributed by atoms with E-state index in [1.54, 1.807) is 6.20 Å². The summed E-state index contributed by atoms with van der Waals surface area (Å²) in [6.45, 7) is 6.60. The van der Waals surface area contributed by atoms with Gasteiger partial charge in [0, 0.05) is 37.0 Å². The van der Waals surface area contributed by atoms with Crippen molar-refractivity contribution in [2.45, 2.75) is 32.4 Å². The number of fused-ring (bicyclic) bond motifs is 1. The number of rotatable bonds is 8. The van der Waals surface area contributed by atoms with Crippen molar-refractivity contribution < 1.29 is 19.1 Å². The van der Waals surface area contributed by atoms with Crippen LogP contribution in [0.3, 0.4) is 0 Å². The Morgan fingerprint density at radius 3 is 2.73 bits per heavy atom. The number of aromatic nitrogens is 1. The van der Waals surface area contributed by atoms with Gasteiger partial charge in [0.25, 0.3) is 5.91 Å². The zero-order chi connectivity index (χ0) is 19.1. The van der Waals surface area contributed by atoms with Gasteiger partial charge in [0.2, 0.25) is 5.91 Å². The molecule has 0 bridgehead atoms. The van der Waals surface area contributed by atoms with Gasteiger partial charge in [-0.1, -0.05) is 24.3 Å². The van der Waals surface area contributed by atoms with E-state index in [4.69, 9.17) is 4.74 Å². The minimum atomic E-state index is -0.971. The van der Waals surface area contributed by atoms with E-state index >= 15 is 0 Å². The molecule has 2 rings (SSSR count). The highest BCUT2D eigenvalue weighted by Crippen LogP contribution is 2.19. The van der Waals surface area contributed by atoms with Gasteiger partial charge < -0.3 is 20.4 Å². The number of benzene rings is 1. The second kappa shape index (κ2) is 8.84. The third-order valence-corrected chi connectivity index (χ3v) is 3.84. The standard InChI is InChI=1S/C19H23N3O4/c1-4-9-20-18(24)12(2)26-19(25)17(22-13(3)23)10-14-11-21-16-8-6-5-7-15(14)16/h4-8,11-12,17,21H,1,9-10H2,2-3H3,(H,20,24)(H,22,23)/t12-,17-/m0/s1. The summed E-state index contributed by atoms with van der Waals surface area (Å²) in [6.07, 6.45) is 2.61. The first-order valence-electron chi connectivity index (χ1n) is 8.33. The average molecular weight is 357 g/mol. The van der Waals surface area contributed by atoms with Crippen LogP contribution >= 0.6 is 0 Å². The van der Waals surface area contributed by atoms with Crippen molar-refractivity contribution in [3.63, 3.8) is 0 Å². The van der Waals surface area contributed by atoms with Crippen LogP contribution in [0.2, 0.25) is 0 Å². The van der Waals surface area contributed by atoms with Gasteiger partial charge in [-0.05, 0) is 18.6 Å². The third-order valence-electron chi connectivity index (χ3n) is 3.84. The molecular weight excluding hydrogens is 334 g/mol. The van der Waals surface area contributed by atoms with Gasteiger partial charge in [-0.15, -0.1) is 6.58 Å². The van der Waals surface area contributed by atoms with Crippen LogP contribution in [0.25, 0.3) is 10.9 Å². The fraction of sp³-hybridized carbons (Fsp3) is 0.316. The first-order chi connectivity index (χ1) is 12.4. The van der Waals surface area contributed by atoms with E-state index in [2.05, 4.69) is 22.2 Å². The lowest BCUT2D eigenvalue weighted by Crippen LogP contribution is -2.45. The average Bonchev–Trinajstić information content (AvgIpc) is 3.01. The second-order valence-electron chi connectivity index (χ2n) is 5.93. The largest absolute Gasteiger partial charge is 0.451 e. The summed E-state index contributed by atoms with van der Waals surface area (Å²) < 4.78 is 5.22. The molecule has 0 unspecified atom stereocenters. The molecule has 7 nitrogen and oxygen atoms in total. The van der Waals surface area contributed by atoms with Crippen molar-refractivity contribution in [2.75, 3.05) is 6.54 Å². The van der Waals surface area contributed by atoms with Crippen molar-refractivity contribution >= 4 is 28.7 Å². The third kappa shape index (κ3) is 4.95. The van der Waals surface area contributed by atoms with Crippen molar-refractivity contribution in [1.29, 1.82) is 0 Å². The monoisotopic (exact) mass is 357 g/mol. The van der Waals surface area contributed by atoms with Crippen molar-refractivity contribution in [3.05, 3.63) is 48.7 Å². The number of hydrogen-bond acceptors (Lipinski definition) is 4. The van der Waals surface area contributed by atoms with Gasteiger partial charge in [-0.25, -0.2) is 4.79 Å². The summed E-state index contributed by atoms with van der Waals surface area (Å²) in [5.74, 6) is -1.44. The maximum atomic E-state index is 12.5. The van der Waals surface area contributed by atoms with E-state index in [1.807, 2.05) is 24.3 Å². The second-order valence-corrected chi connectivity index (χ2v) is 5.93. The molecule has 0 fully saturated rings. The molecule has 0 radical (unpaired) electrons. The first-order valence-corrected chi connectivity index (χ1v) is 8.33. The summed E-state index contributed by atoms with van der Waals surface area (Å²) >= 11 is 0. The predicted molar refractivity (Wildman–Crippen MR) is 98.4 cm³/mol. The van der Waals surface area contributed by atoms with Crippen LogP contribution in [0.1, 0.15) is 19.4 Å². The summed E-state index contributed by atoms with van der Waals surface area (Å²) in [7, 11) is 0. The molecule has 138 valence electrons. The van der Waals surface area contributed by atoms with Crippen LogP contribution in [0.5, 0.6) is 0 Å². The zero-order valence-electron chi connectivity index (χ0n) is 14.9. The van der Waals surface area contributed by atoms with E-state index in [-0.39, 0.29) is 18.9 Å². The lowest BCUT2D eigenvalue weighted by molar-refractivity contribution is -0.157. The fourth-order valence-corrected chi connectivity index (χ4v) is 2.59. The molecule has 2 amide bonds. The van der Waals surface area contributed by atoms with Gasteiger partial charge in [0.05, 0.1) is 0 Å². The number of nitrogens with one attached hydrogen (secondary N) is 3. The molecule has 0 aliphatic heterocycles. The van der Waals surface area contributed by atoms with Crippen LogP contribution in [-0.2, 0) is 25.5 Å². The van der Waals surface area contributed by atoms with E-state index in [1.165, 1.54) is 19.9 Å². The molecule has 2 atom stereocenters. The first kappa shape index (κ1) is 19.2. The van der Waals surface area contributed by atoms with Gasteiger partial charge in [-0.2, -0.15) is 0 Å². The van der Waals surface area contributed by atoms with Gasteiger partial charge >= 0.3 is 5.97 Å². The number of carbonyl (C=O) groups is 3. The fourth-order valence-electron chi connectivity index (χ4n) is 2.59. The van der Waals surface area contributed by atoms with Crippen LogP contribution in [0.4, 0.5) is 0 Å². The van der Waals surface area contributed by atoms with Crippen molar-refractivity contribution in [1.82, 2.24) is 15.6 Å². The number of carbonyl (C=O) groups excluding carboxylic acids is 3. The van der Waals surface area contributed by atoms with E-state index < -0.39 is 24.0 Å². The molecule has 0 aliphatic carbocycles. The summed E-state index contributed by atoms with van der Waals surface area (Å²) in [6, 6.07) is 6.78. The summed E-state index contributed by atoms with van der Waals surface area (Å²) in [4.78, 5) is 39.0. The van der Waals surface area contributed by atoms with Gasteiger partial charge in [-0.3, -0.25) is 9.59 Å². The molecule has 0 saturated carbocycles. The molecule has 1 aromatic heterocycles. The van der Waals surface area contributed by atoms with Crippen molar-refractivity contribution in [2.24, 2.45) is 0 Å². The Morgan fingerprint density at radius 1 is 1.31 bits per heavy atom. The molecule has 26 heavy (non-hydrogen) atoms. The van der Waals surface area contributed by atoms with Gasteiger partial charge in [0.1, 0.15) is 6.04 Å². The molecule has 3 N–H and O–H groups in total. The van der Waals surface area contributed by atoms with E-state index in [9.17, 15) is 14.4 Å². The Morgan fingerprint density at radius 2 is 2.04 bits per heavy atom. The molecule has 0 saturated heterocycles. The molecule has 0 aliphatic rings. The quantitative estimate of drug-likeness (QED) is 0.492. The Hall–Kier alpha value is -3.09. The summed E-state index contributed by atoms with van der Waals surface area (Å²) in [5, 5.41) is 6.12. The van der Waals surface area contributed by atoms with Crippen LogP contribution < -0.4 is 10.6 Å². The van der Waals surface area contributed by atoms with Crippen LogP contribution in [0, 0.1) is 0 Å². The molecular formula is C19H23N3O4. The lowest BCUT2D eigenvalue weighted by atomic mass is 10.0. The molecule has 1 heterocycles. The van der Waals surface area contributed by atoms with Gasteiger partial charge in [0.15, 0.2) is 6.10 Å². The molecule has 1 aromatic carbocycles. The highest BCUT2D eigenvalue weighted by Gasteiger charge is 2.26. The Kier molecular flexibility index (Phi) is 6.54. The van der Waals surface area contributed by atoms with Crippen LogP contribution in [-0.4, -0.2) is 41.5 Å². The molecule has 2 aromatic rings. The highest BCUT2D eigenvalue weighted by atomic mass is 16.5. The number of ether oxygens (including phenoxy) is 1. The maximum Gasteiger partial charge on any atom is 0.329 e. The SMILES string of the molecule is C=CCNC(=O)[C@H](C)OC(=O)[C@H](Cc1c[nH]c2ccccc12)NC(C)=O. The molecule has 0 spiro atoms. The van der Waals surface area contributed by atoms with E-state index in [0.717, 1.165) is 16.5 Å². The number of para-hydroxylation sites is 1. The molecule has 7 heteroatoms. The van der Waals surface area contributed by atoms with Crippen LogP contribution in [0.15, 0.2) is 43.1 Å². The minimum Gasteiger partial charge on any atom is -0.451 e. The lowest BCUT2D eigenvalue weighted by Gasteiger charge is -2.19. The maximum absolute atomic E-state index is 12.5.